The van der Waals surface area contributed by atoms with Crippen molar-refractivity contribution in [1.82, 2.24) is 15.6 Å². The van der Waals surface area contributed by atoms with Crippen LogP contribution in [0.1, 0.15) is 51.9 Å². The minimum absolute atomic E-state index is 0.0987. The van der Waals surface area contributed by atoms with Crippen molar-refractivity contribution in [3.63, 3.8) is 0 Å². The molecule has 2 amide bonds. The van der Waals surface area contributed by atoms with Crippen molar-refractivity contribution >= 4 is 34.8 Å². The topological polar surface area (TPSA) is 71.1 Å². The Morgan fingerprint density at radius 3 is 2.52 bits per heavy atom. The molecule has 31 heavy (non-hydrogen) atoms. The van der Waals surface area contributed by atoms with Gasteiger partial charge in [-0.15, -0.1) is 11.3 Å². The quantitative estimate of drug-likeness (QED) is 0.417. The molecule has 2 N–H and O–H groups in total. The summed E-state index contributed by atoms with van der Waals surface area (Å²) in [6, 6.07) is 15.9. The van der Waals surface area contributed by atoms with Gasteiger partial charge in [0.15, 0.2) is 0 Å². The van der Waals surface area contributed by atoms with E-state index in [9.17, 15) is 9.59 Å². The van der Waals surface area contributed by atoms with Crippen molar-refractivity contribution < 1.29 is 9.59 Å². The van der Waals surface area contributed by atoms with Crippen molar-refractivity contribution in [1.29, 1.82) is 0 Å². The highest BCUT2D eigenvalue weighted by Crippen LogP contribution is 2.20. The number of hydrogen-bond donors (Lipinski definition) is 2. The number of amides is 2. The number of carbonyl (C=O) groups excluding carboxylic acids is 2. The summed E-state index contributed by atoms with van der Waals surface area (Å²) in [6.07, 6.45) is 2.94. The van der Waals surface area contributed by atoms with Gasteiger partial charge in [-0.2, -0.15) is 0 Å². The van der Waals surface area contributed by atoms with E-state index in [1.165, 1.54) is 0 Å². The van der Waals surface area contributed by atoms with Crippen LogP contribution in [0.4, 0.5) is 0 Å². The fourth-order valence-electron chi connectivity index (χ4n) is 3.22. The number of carbonyl (C=O) groups is 2. The average Bonchev–Trinajstić information content (AvgIpc) is 3.19. The lowest BCUT2D eigenvalue weighted by atomic mass is 10.0. The molecule has 0 saturated heterocycles. The highest BCUT2D eigenvalue weighted by atomic mass is 35.5. The van der Waals surface area contributed by atoms with Gasteiger partial charge in [-0.25, -0.2) is 4.98 Å². The Kier molecular flexibility index (Phi) is 8.62. The number of nitrogens with zero attached hydrogens (tertiary/aromatic N) is 1. The van der Waals surface area contributed by atoms with Crippen LogP contribution in [0.15, 0.2) is 60.0 Å². The molecular weight excluding hydrogens is 430 g/mol. The molecule has 3 rings (SSSR count). The fraction of sp³-hybridized carbons (Fsp3) is 0.292. The largest absolute Gasteiger partial charge is 0.356 e. The van der Waals surface area contributed by atoms with Crippen molar-refractivity contribution in [2.45, 2.75) is 38.6 Å². The Hall–Kier alpha value is -2.70. The molecule has 5 nitrogen and oxygen atoms in total. The first-order valence-corrected chi connectivity index (χ1v) is 11.6. The molecule has 1 unspecified atom stereocenters. The van der Waals surface area contributed by atoms with Gasteiger partial charge in [0.2, 0.25) is 5.91 Å². The van der Waals surface area contributed by atoms with E-state index < -0.39 is 6.04 Å². The molecule has 0 aliphatic carbocycles. The summed E-state index contributed by atoms with van der Waals surface area (Å²) in [5.41, 5.74) is 2.32. The summed E-state index contributed by atoms with van der Waals surface area (Å²) < 4.78 is 0. The van der Waals surface area contributed by atoms with Gasteiger partial charge in [0, 0.05) is 17.6 Å². The summed E-state index contributed by atoms with van der Waals surface area (Å²) in [4.78, 5) is 29.7. The summed E-state index contributed by atoms with van der Waals surface area (Å²) >= 11 is 7.83. The average molecular weight is 456 g/mol. The third kappa shape index (κ3) is 7.19. The van der Waals surface area contributed by atoms with Crippen LogP contribution in [0.5, 0.6) is 0 Å². The van der Waals surface area contributed by atoms with Gasteiger partial charge < -0.3 is 10.6 Å². The molecule has 162 valence electrons. The molecule has 0 saturated carbocycles. The van der Waals surface area contributed by atoms with E-state index in [1.807, 2.05) is 37.3 Å². The van der Waals surface area contributed by atoms with Gasteiger partial charge in [0.05, 0.1) is 28.1 Å². The first kappa shape index (κ1) is 23.0. The second kappa shape index (κ2) is 11.6. The zero-order chi connectivity index (χ0) is 22.1. The maximum atomic E-state index is 12.7. The lowest BCUT2D eigenvalue weighted by Gasteiger charge is -2.19. The molecule has 0 aliphatic rings. The van der Waals surface area contributed by atoms with Crippen molar-refractivity contribution in [2.75, 3.05) is 6.54 Å². The fourth-order valence-corrected chi connectivity index (χ4v) is 4.26. The summed E-state index contributed by atoms with van der Waals surface area (Å²) in [7, 11) is 0. The van der Waals surface area contributed by atoms with Crippen LogP contribution in [-0.4, -0.2) is 23.3 Å². The predicted octanol–water partition coefficient (Wildman–Crippen LogP) is 5.11. The molecule has 1 atom stereocenters. The Labute approximate surface area is 191 Å². The smallest absolute Gasteiger partial charge is 0.253 e. The van der Waals surface area contributed by atoms with Gasteiger partial charge in [-0.1, -0.05) is 54.1 Å². The summed E-state index contributed by atoms with van der Waals surface area (Å²) in [5.74, 6) is -0.399. The van der Waals surface area contributed by atoms with Crippen LogP contribution < -0.4 is 10.6 Å². The number of benzene rings is 2. The Morgan fingerprint density at radius 1 is 1.06 bits per heavy atom. The van der Waals surface area contributed by atoms with Gasteiger partial charge >= 0.3 is 0 Å². The number of aryl methyl sites for hydroxylation is 2. The van der Waals surface area contributed by atoms with Crippen molar-refractivity contribution in [3.05, 3.63) is 86.8 Å². The number of halogens is 1. The molecular formula is C24H26ClN3O2S. The number of unbranched alkanes of at least 4 members (excludes halogenated alkanes) is 1. The first-order valence-electron chi connectivity index (χ1n) is 10.3. The van der Waals surface area contributed by atoms with Gasteiger partial charge in [-0.05, 0) is 43.9 Å². The normalized spacial score (nSPS) is 11.7. The van der Waals surface area contributed by atoms with E-state index in [-0.39, 0.29) is 18.2 Å². The molecule has 1 aromatic heterocycles. The number of hydrogen-bond acceptors (Lipinski definition) is 4. The molecule has 0 bridgehead atoms. The molecule has 3 aromatic rings. The number of rotatable bonds is 10. The van der Waals surface area contributed by atoms with Crippen LogP contribution in [0.3, 0.4) is 0 Å². The van der Waals surface area contributed by atoms with Crippen LogP contribution in [0.2, 0.25) is 5.02 Å². The SMILES string of the molecule is Cc1csc(CCCCNC(=O)CC(NC(=O)c2ccccc2Cl)c2ccccc2)n1. The summed E-state index contributed by atoms with van der Waals surface area (Å²) in [5, 5.41) is 9.49. The zero-order valence-electron chi connectivity index (χ0n) is 17.4. The van der Waals surface area contributed by atoms with Gasteiger partial charge in [0.25, 0.3) is 5.91 Å². The second-order valence-electron chi connectivity index (χ2n) is 7.31. The standard InChI is InChI=1S/C24H26ClN3O2S/c1-17-16-31-23(27-17)13-7-8-14-26-22(29)15-21(18-9-3-2-4-10-18)28-24(30)19-11-5-6-12-20(19)25/h2-6,9-12,16,21H,7-8,13-15H2,1H3,(H,26,29)(H,28,30). The van der Waals surface area contributed by atoms with E-state index in [4.69, 9.17) is 11.6 Å². The van der Waals surface area contributed by atoms with Gasteiger partial charge in [-0.3, -0.25) is 9.59 Å². The minimum Gasteiger partial charge on any atom is -0.356 e. The minimum atomic E-state index is -0.441. The Bertz CT molecular complexity index is 1010. The third-order valence-electron chi connectivity index (χ3n) is 4.82. The monoisotopic (exact) mass is 455 g/mol. The lowest BCUT2D eigenvalue weighted by Crippen LogP contribution is -2.34. The molecule has 2 aromatic carbocycles. The lowest BCUT2D eigenvalue weighted by molar-refractivity contribution is -0.121. The van der Waals surface area contributed by atoms with E-state index >= 15 is 0 Å². The van der Waals surface area contributed by atoms with Crippen LogP contribution >= 0.6 is 22.9 Å². The maximum Gasteiger partial charge on any atom is 0.253 e. The van der Waals surface area contributed by atoms with Crippen molar-refractivity contribution in [3.8, 4) is 0 Å². The zero-order valence-corrected chi connectivity index (χ0v) is 19.0. The van der Waals surface area contributed by atoms with E-state index in [1.54, 1.807) is 35.6 Å². The highest BCUT2D eigenvalue weighted by Gasteiger charge is 2.20. The molecule has 0 spiro atoms. The molecule has 0 radical (unpaired) electrons. The highest BCUT2D eigenvalue weighted by molar-refractivity contribution is 7.09. The van der Waals surface area contributed by atoms with E-state index in [0.717, 1.165) is 35.5 Å². The Morgan fingerprint density at radius 2 is 1.81 bits per heavy atom. The molecule has 0 aliphatic heterocycles. The first-order chi connectivity index (χ1) is 15.0. The molecule has 7 heteroatoms. The van der Waals surface area contributed by atoms with Gasteiger partial charge in [0.1, 0.15) is 0 Å². The van der Waals surface area contributed by atoms with Crippen LogP contribution in [0, 0.1) is 6.92 Å². The maximum absolute atomic E-state index is 12.7. The number of nitrogens with one attached hydrogen (secondary N) is 2. The predicted molar refractivity (Wildman–Crippen MR) is 126 cm³/mol. The third-order valence-corrected chi connectivity index (χ3v) is 6.18. The Balaban J connectivity index is 1.52. The van der Waals surface area contributed by atoms with Crippen LogP contribution in [0.25, 0.3) is 0 Å². The van der Waals surface area contributed by atoms with Crippen LogP contribution in [-0.2, 0) is 11.2 Å². The summed E-state index contributed by atoms with van der Waals surface area (Å²) in [6.45, 7) is 2.59. The van der Waals surface area contributed by atoms with E-state index in [0.29, 0.717) is 17.1 Å². The number of thiazole rings is 1. The molecule has 1 heterocycles. The van der Waals surface area contributed by atoms with Crippen molar-refractivity contribution in [2.24, 2.45) is 0 Å². The molecule has 0 fully saturated rings. The number of aromatic nitrogens is 1. The second-order valence-corrected chi connectivity index (χ2v) is 8.66. The van der Waals surface area contributed by atoms with E-state index in [2.05, 4.69) is 21.0 Å².